The minimum Gasteiger partial charge on any atom is -0.391 e. The fraction of sp³-hybridized carbons (Fsp3) is 0.400. The maximum absolute atomic E-state index is 11.0. The molecule has 0 unspecified atom stereocenters. The zero-order valence-electron chi connectivity index (χ0n) is 17.0. The van der Waals surface area contributed by atoms with E-state index in [9.17, 15) is 13.5 Å². The molecule has 4 N–H and O–H groups in total. The lowest BCUT2D eigenvalue weighted by Crippen LogP contribution is -2.31. The van der Waals surface area contributed by atoms with Crippen LogP contribution in [-0.2, 0) is 21.0 Å². The molecule has 3 atom stereocenters. The predicted molar refractivity (Wildman–Crippen MR) is 115 cm³/mol. The number of anilines is 1. The fourth-order valence-corrected chi connectivity index (χ4v) is 3.69. The van der Waals surface area contributed by atoms with Crippen LogP contribution in [0.3, 0.4) is 0 Å². The minimum absolute atomic E-state index is 0.0538. The molecule has 0 saturated heterocycles. The van der Waals surface area contributed by atoms with E-state index < -0.39 is 22.3 Å². The van der Waals surface area contributed by atoms with Crippen molar-refractivity contribution in [3.8, 4) is 0 Å². The zero-order chi connectivity index (χ0) is 21.7. The Hall–Kier alpha value is -2.53. The van der Waals surface area contributed by atoms with E-state index >= 15 is 0 Å². The summed E-state index contributed by atoms with van der Waals surface area (Å²) in [5, 5.41) is 19.7. The number of nitrogens with one attached hydrogen (secondary N) is 1. The summed E-state index contributed by atoms with van der Waals surface area (Å²) in [6, 6.07) is 12.0. The molecule has 2 heterocycles. The normalized spacial score (nSPS) is 15.1. The maximum atomic E-state index is 11.0. The topological polar surface area (TPSA) is 132 Å². The largest absolute Gasteiger partial charge is 0.391 e. The Balaban J connectivity index is 1.76. The average Bonchev–Trinajstić information content (AvgIpc) is 3.12. The molecule has 162 valence electrons. The van der Waals surface area contributed by atoms with E-state index in [2.05, 4.69) is 26.4 Å². The Morgan fingerprint density at radius 3 is 2.63 bits per heavy atom. The number of rotatable bonds is 10. The van der Waals surface area contributed by atoms with Crippen molar-refractivity contribution in [2.75, 3.05) is 11.9 Å². The smallest absolute Gasteiger partial charge is 0.333 e. The number of aliphatic hydroxyl groups excluding tert-OH is 1. The van der Waals surface area contributed by atoms with Crippen molar-refractivity contribution in [2.45, 2.75) is 39.0 Å². The summed E-state index contributed by atoms with van der Waals surface area (Å²) in [6.07, 6.45) is 3.01. The molecular weight excluding hydrogens is 406 g/mol. The van der Waals surface area contributed by atoms with Crippen LogP contribution < -0.4 is 10.5 Å². The Morgan fingerprint density at radius 2 is 1.97 bits per heavy atom. The highest BCUT2D eigenvalue weighted by molar-refractivity contribution is 7.84. The second-order valence-electron chi connectivity index (χ2n) is 7.22. The van der Waals surface area contributed by atoms with Crippen LogP contribution in [0.15, 0.2) is 48.9 Å². The number of aromatic nitrogens is 3. The highest BCUT2D eigenvalue weighted by Crippen LogP contribution is 2.25. The molecule has 30 heavy (non-hydrogen) atoms. The first-order valence-corrected chi connectivity index (χ1v) is 11.2. The number of aliphatic hydroxyl groups is 1. The Morgan fingerprint density at radius 1 is 1.23 bits per heavy atom. The van der Waals surface area contributed by atoms with Gasteiger partial charge in [0.1, 0.15) is 17.8 Å². The molecule has 0 aliphatic heterocycles. The number of fused-ring (bicyclic) bond motifs is 1. The summed E-state index contributed by atoms with van der Waals surface area (Å²) < 4.78 is 28.6. The van der Waals surface area contributed by atoms with E-state index in [1.165, 1.54) is 6.33 Å². The fourth-order valence-electron chi connectivity index (χ4n) is 3.33. The van der Waals surface area contributed by atoms with Gasteiger partial charge >= 0.3 is 10.3 Å². The van der Waals surface area contributed by atoms with Gasteiger partial charge in [-0.25, -0.2) is 15.1 Å². The first-order valence-electron chi connectivity index (χ1n) is 9.75. The average molecular weight is 434 g/mol. The molecule has 0 fully saturated rings. The van der Waals surface area contributed by atoms with Gasteiger partial charge < -0.3 is 15.0 Å². The first-order chi connectivity index (χ1) is 14.3. The van der Waals surface area contributed by atoms with Gasteiger partial charge in [-0.3, -0.25) is 4.18 Å². The highest BCUT2D eigenvalue weighted by atomic mass is 32.2. The Bertz CT molecular complexity index is 1070. The number of nitrogens with two attached hydrogens (primary N) is 1. The van der Waals surface area contributed by atoms with Gasteiger partial charge in [0.25, 0.3) is 0 Å². The van der Waals surface area contributed by atoms with Crippen LogP contribution in [0.25, 0.3) is 11.0 Å². The van der Waals surface area contributed by atoms with Crippen LogP contribution in [0.4, 0.5) is 5.82 Å². The summed E-state index contributed by atoms with van der Waals surface area (Å²) in [5.74, 6) is 0.313. The van der Waals surface area contributed by atoms with Crippen LogP contribution in [0, 0.1) is 5.92 Å². The first kappa shape index (κ1) is 22.2. The van der Waals surface area contributed by atoms with E-state index in [0.29, 0.717) is 17.9 Å². The maximum Gasteiger partial charge on any atom is 0.333 e. The van der Waals surface area contributed by atoms with E-state index in [1.807, 2.05) is 54.1 Å². The van der Waals surface area contributed by atoms with Crippen LogP contribution >= 0.6 is 0 Å². The Kier molecular flexibility index (Phi) is 7.03. The summed E-state index contributed by atoms with van der Waals surface area (Å²) in [4.78, 5) is 8.73. The molecule has 0 bridgehead atoms. The molecule has 0 aliphatic carbocycles. The van der Waals surface area contributed by atoms with Crippen molar-refractivity contribution < 1.29 is 17.7 Å². The number of hydrogen-bond acceptors (Lipinski definition) is 7. The summed E-state index contributed by atoms with van der Waals surface area (Å²) in [5.41, 5.74) is 1.81. The lowest BCUT2D eigenvalue weighted by molar-refractivity contribution is 0.0616. The van der Waals surface area contributed by atoms with E-state index in [1.54, 1.807) is 0 Å². The molecule has 0 amide bonds. The quantitative estimate of drug-likeness (QED) is 0.446. The van der Waals surface area contributed by atoms with Gasteiger partial charge in [0.05, 0.1) is 24.6 Å². The molecule has 3 rings (SSSR count). The van der Waals surface area contributed by atoms with Crippen LogP contribution in [0.2, 0.25) is 0 Å². The zero-order valence-corrected chi connectivity index (χ0v) is 17.8. The van der Waals surface area contributed by atoms with Gasteiger partial charge in [-0.1, -0.05) is 37.3 Å². The van der Waals surface area contributed by atoms with E-state index in [4.69, 9.17) is 5.14 Å². The van der Waals surface area contributed by atoms with Crippen molar-refractivity contribution in [3.05, 3.63) is 54.5 Å². The molecular formula is C20H27N5O4S. The second kappa shape index (κ2) is 9.52. The lowest BCUT2D eigenvalue weighted by atomic mass is 10.0. The standard InChI is InChI=1S/C20H27N5O4S/c1-3-15(12-29-30(21,27)28)18(26)11-25-10-9-17-19(22-13-23-20(17)25)24-14(2)16-7-5-4-6-8-16/h4-10,13-15,18,26H,3,11-12H2,1-2H3,(H2,21,27,28)(H,22,23,24)/t14-,15+,18+/m1/s1. The lowest BCUT2D eigenvalue weighted by Gasteiger charge is -2.21. The van der Waals surface area contributed by atoms with Gasteiger partial charge in [-0.2, -0.15) is 8.42 Å². The predicted octanol–water partition coefficient (Wildman–Crippen LogP) is 2.21. The van der Waals surface area contributed by atoms with Crippen molar-refractivity contribution >= 4 is 27.2 Å². The molecule has 0 saturated carbocycles. The summed E-state index contributed by atoms with van der Waals surface area (Å²) in [7, 11) is -4.05. The molecule has 0 radical (unpaired) electrons. The van der Waals surface area contributed by atoms with Crippen LogP contribution in [0.5, 0.6) is 0 Å². The minimum atomic E-state index is -4.05. The van der Waals surface area contributed by atoms with Crippen LogP contribution in [0.1, 0.15) is 31.9 Å². The molecule has 3 aromatic rings. The van der Waals surface area contributed by atoms with Crippen molar-refractivity contribution in [1.29, 1.82) is 0 Å². The monoisotopic (exact) mass is 433 g/mol. The van der Waals surface area contributed by atoms with Gasteiger partial charge in [0.15, 0.2) is 0 Å². The van der Waals surface area contributed by atoms with Crippen molar-refractivity contribution in [3.63, 3.8) is 0 Å². The highest BCUT2D eigenvalue weighted by Gasteiger charge is 2.22. The molecule has 2 aromatic heterocycles. The summed E-state index contributed by atoms with van der Waals surface area (Å²) in [6.45, 7) is 3.97. The second-order valence-corrected chi connectivity index (χ2v) is 8.44. The molecule has 0 spiro atoms. The van der Waals surface area contributed by atoms with Gasteiger partial charge in [0, 0.05) is 18.2 Å². The van der Waals surface area contributed by atoms with Crippen LogP contribution in [-0.4, -0.2) is 40.8 Å². The Labute approximate surface area is 176 Å². The van der Waals surface area contributed by atoms with E-state index in [0.717, 1.165) is 10.9 Å². The molecule has 9 nitrogen and oxygen atoms in total. The number of nitrogens with zero attached hydrogens (tertiary/aromatic N) is 3. The molecule has 10 heteroatoms. The summed E-state index contributed by atoms with van der Waals surface area (Å²) >= 11 is 0. The van der Waals surface area contributed by atoms with Gasteiger partial charge in [-0.05, 0) is 25.0 Å². The molecule has 0 aliphatic rings. The third kappa shape index (κ3) is 5.54. The number of hydrogen-bond donors (Lipinski definition) is 3. The van der Waals surface area contributed by atoms with Gasteiger partial charge in [-0.15, -0.1) is 0 Å². The van der Waals surface area contributed by atoms with Crippen molar-refractivity contribution in [2.24, 2.45) is 11.1 Å². The van der Waals surface area contributed by atoms with Crippen molar-refractivity contribution in [1.82, 2.24) is 14.5 Å². The molecule has 1 aromatic carbocycles. The third-order valence-corrected chi connectivity index (χ3v) is 5.57. The van der Waals surface area contributed by atoms with E-state index in [-0.39, 0.29) is 19.2 Å². The number of benzene rings is 1. The third-order valence-electron chi connectivity index (χ3n) is 5.11. The van der Waals surface area contributed by atoms with Gasteiger partial charge in [0.2, 0.25) is 0 Å². The SMILES string of the molecule is CC[C@@H](COS(N)(=O)=O)[C@@H](O)Cn1ccc2c(N[C@H](C)c3ccccc3)ncnc21.